The van der Waals surface area contributed by atoms with Crippen LogP contribution in [0.25, 0.3) is 0 Å². The number of pyridine rings is 1. The first-order chi connectivity index (χ1) is 11.7. The predicted octanol–water partition coefficient (Wildman–Crippen LogP) is 3.72. The zero-order valence-corrected chi connectivity index (χ0v) is 13.4. The Morgan fingerprint density at radius 2 is 1.84 bits per heavy atom. The molecule has 0 fully saturated rings. The number of amides is 3. The Morgan fingerprint density at radius 1 is 1.20 bits per heavy atom. The van der Waals surface area contributed by atoms with Gasteiger partial charge in [0, 0.05) is 11.8 Å². The molecule has 2 rings (SSSR count). The maximum absolute atomic E-state index is 12.7. The third-order valence-electron chi connectivity index (χ3n) is 2.94. The molecule has 2 aromatic rings. The van der Waals surface area contributed by atoms with Crippen molar-refractivity contribution in [2.24, 2.45) is 0 Å². The van der Waals surface area contributed by atoms with Crippen molar-refractivity contribution in [3.63, 3.8) is 0 Å². The number of halogens is 4. The zero-order chi connectivity index (χ0) is 18.6. The second kappa shape index (κ2) is 7.39. The predicted molar refractivity (Wildman–Crippen MR) is 83.7 cm³/mol. The fourth-order valence-electron chi connectivity index (χ4n) is 1.85. The lowest BCUT2D eigenvalue weighted by Gasteiger charge is -2.13. The topological polar surface area (TPSA) is 80.3 Å². The van der Waals surface area contributed by atoms with E-state index < -0.39 is 40.3 Å². The monoisotopic (exact) mass is 373 g/mol. The number of hydrogen-bond acceptors (Lipinski definition) is 4. The number of alkyl halides is 3. The molecule has 0 unspecified atom stereocenters. The molecule has 1 heterocycles. The molecule has 0 aliphatic carbocycles. The summed E-state index contributed by atoms with van der Waals surface area (Å²) in [7, 11) is 1.06. The Kier molecular flexibility index (Phi) is 5.48. The highest BCUT2D eigenvalue weighted by Crippen LogP contribution is 2.34. The minimum Gasteiger partial charge on any atom is -0.496 e. The molecule has 1 aromatic heterocycles. The van der Waals surface area contributed by atoms with Gasteiger partial charge in [-0.05, 0) is 12.1 Å². The van der Waals surface area contributed by atoms with E-state index >= 15 is 0 Å². The van der Waals surface area contributed by atoms with Crippen LogP contribution in [-0.4, -0.2) is 24.0 Å². The van der Waals surface area contributed by atoms with Crippen molar-refractivity contribution in [3.05, 3.63) is 52.8 Å². The van der Waals surface area contributed by atoms with Crippen LogP contribution in [0, 0.1) is 0 Å². The molecule has 2 N–H and O–H groups in total. The number of ether oxygens (including phenoxy) is 1. The van der Waals surface area contributed by atoms with Gasteiger partial charge in [0.05, 0.1) is 7.11 Å². The molecule has 10 heteroatoms. The van der Waals surface area contributed by atoms with Crippen LogP contribution in [0.1, 0.15) is 16.1 Å². The van der Waals surface area contributed by atoms with Gasteiger partial charge in [0.25, 0.3) is 5.91 Å². The van der Waals surface area contributed by atoms with Crippen LogP contribution in [0.3, 0.4) is 0 Å². The fraction of sp³-hybridized carbons (Fsp3) is 0.133. The number of para-hydroxylation sites is 1. The molecule has 25 heavy (non-hydrogen) atoms. The third kappa shape index (κ3) is 4.60. The summed E-state index contributed by atoms with van der Waals surface area (Å²) in [6.45, 7) is 0. The lowest BCUT2D eigenvalue weighted by Crippen LogP contribution is -2.35. The van der Waals surface area contributed by atoms with Crippen molar-refractivity contribution in [1.29, 1.82) is 0 Å². The number of urea groups is 1. The Labute approximate surface area is 145 Å². The number of carbonyl (C=O) groups is 2. The van der Waals surface area contributed by atoms with Gasteiger partial charge in [-0.2, -0.15) is 13.2 Å². The number of hydrogen-bond donors (Lipinski definition) is 2. The van der Waals surface area contributed by atoms with Crippen LogP contribution >= 0.6 is 11.6 Å². The van der Waals surface area contributed by atoms with Crippen LogP contribution in [0.15, 0.2) is 36.4 Å². The number of aromatic nitrogens is 1. The maximum Gasteiger partial charge on any atom is 0.433 e. The van der Waals surface area contributed by atoms with Crippen LogP contribution in [-0.2, 0) is 6.18 Å². The summed E-state index contributed by atoms with van der Waals surface area (Å²) in [5, 5.41) is 3.58. The lowest BCUT2D eigenvalue weighted by molar-refractivity contribution is -0.141. The second-order valence-electron chi connectivity index (χ2n) is 4.65. The van der Waals surface area contributed by atoms with E-state index in [1.54, 1.807) is 30.3 Å². The quantitative estimate of drug-likeness (QED) is 0.803. The van der Waals surface area contributed by atoms with Gasteiger partial charge >= 0.3 is 12.2 Å². The van der Waals surface area contributed by atoms with Crippen molar-refractivity contribution in [2.75, 3.05) is 12.4 Å². The first-order valence-electron chi connectivity index (χ1n) is 6.71. The number of nitrogens with zero attached hydrogens (tertiary/aromatic N) is 1. The normalized spacial score (nSPS) is 10.9. The molecule has 0 saturated carbocycles. The highest BCUT2D eigenvalue weighted by atomic mass is 35.5. The fourth-order valence-corrected chi connectivity index (χ4v) is 2.12. The standard InChI is InChI=1S/C15H11ClF3N3O3/c1-25-9-7-10(15(17,18)19)21-12(16)11(9)13(23)22-14(24)20-8-5-3-2-4-6-8/h2-7H,1H3,(H2,20,22,23,24). The number of anilines is 1. The van der Waals surface area contributed by atoms with Gasteiger partial charge < -0.3 is 10.1 Å². The van der Waals surface area contributed by atoms with Crippen LogP contribution in [0.2, 0.25) is 5.15 Å². The van der Waals surface area contributed by atoms with Crippen LogP contribution < -0.4 is 15.4 Å². The molecular formula is C15H11ClF3N3O3. The second-order valence-corrected chi connectivity index (χ2v) is 5.01. The number of imide groups is 1. The van der Waals surface area contributed by atoms with Crippen molar-refractivity contribution < 1.29 is 27.5 Å². The summed E-state index contributed by atoms with van der Waals surface area (Å²) in [6.07, 6.45) is -4.77. The van der Waals surface area contributed by atoms with E-state index in [-0.39, 0.29) is 0 Å². The van der Waals surface area contributed by atoms with E-state index in [4.69, 9.17) is 16.3 Å². The Bertz CT molecular complexity index is 798. The number of methoxy groups -OCH3 is 1. The molecule has 132 valence electrons. The van der Waals surface area contributed by atoms with Crippen LogP contribution in [0.5, 0.6) is 5.75 Å². The highest BCUT2D eigenvalue weighted by molar-refractivity contribution is 6.33. The summed E-state index contributed by atoms with van der Waals surface area (Å²) in [4.78, 5) is 27.1. The average molecular weight is 374 g/mol. The average Bonchev–Trinajstić information content (AvgIpc) is 2.53. The molecule has 0 saturated heterocycles. The molecule has 1 aromatic carbocycles. The lowest BCUT2D eigenvalue weighted by atomic mass is 10.2. The number of nitrogens with one attached hydrogen (secondary N) is 2. The largest absolute Gasteiger partial charge is 0.496 e. The van der Waals surface area contributed by atoms with E-state index in [2.05, 4.69) is 10.3 Å². The molecule has 6 nitrogen and oxygen atoms in total. The molecule has 0 bridgehead atoms. The minimum atomic E-state index is -4.77. The number of benzene rings is 1. The smallest absolute Gasteiger partial charge is 0.433 e. The first-order valence-corrected chi connectivity index (χ1v) is 7.09. The van der Waals surface area contributed by atoms with E-state index in [0.717, 1.165) is 7.11 Å². The van der Waals surface area contributed by atoms with Gasteiger partial charge in [0.15, 0.2) is 0 Å². The highest BCUT2D eigenvalue weighted by Gasteiger charge is 2.35. The van der Waals surface area contributed by atoms with E-state index in [9.17, 15) is 22.8 Å². The molecular weight excluding hydrogens is 363 g/mol. The van der Waals surface area contributed by atoms with Crippen molar-refractivity contribution in [3.8, 4) is 5.75 Å². The van der Waals surface area contributed by atoms with Gasteiger partial charge in [-0.1, -0.05) is 29.8 Å². The summed E-state index contributed by atoms with van der Waals surface area (Å²) in [5.74, 6) is -1.52. The zero-order valence-electron chi connectivity index (χ0n) is 12.6. The summed E-state index contributed by atoms with van der Waals surface area (Å²) < 4.78 is 43.0. The maximum atomic E-state index is 12.7. The molecule has 0 aliphatic rings. The minimum absolute atomic E-state index is 0.413. The van der Waals surface area contributed by atoms with Crippen molar-refractivity contribution in [1.82, 2.24) is 10.3 Å². The molecule has 0 radical (unpaired) electrons. The van der Waals surface area contributed by atoms with Crippen molar-refractivity contribution in [2.45, 2.75) is 6.18 Å². The van der Waals surface area contributed by atoms with Gasteiger partial charge in [-0.15, -0.1) is 0 Å². The van der Waals surface area contributed by atoms with E-state index in [1.807, 2.05) is 5.32 Å². The summed E-state index contributed by atoms with van der Waals surface area (Å²) >= 11 is 5.67. The third-order valence-corrected chi connectivity index (χ3v) is 3.21. The summed E-state index contributed by atoms with van der Waals surface area (Å²) in [5.41, 5.74) is -1.39. The Hall–Kier alpha value is -2.81. The molecule has 3 amide bonds. The summed E-state index contributed by atoms with van der Waals surface area (Å²) in [6, 6.07) is 7.85. The van der Waals surface area contributed by atoms with Gasteiger partial charge in [0.1, 0.15) is 22.2 Å². The SMILES string of the molecule is COc1cc(C(F)(F)F)nc(Cl)c1C(=O)NC(=O)Nc1ccccc1. The Morgan fingerprint density at radius 3 is 2.40 bits per heavy atom. The van der Waals surface area contributed by atoms with E-state index in [0.29, 0.717) is 11.8 Å². The van der Waals surface area contributed by atoms with Crippen molar-refractivity contribution >= 4 is 29.2 Å². The van der Waals surface area contributed by atoms with Gasteiger partial charge in [-0.25, -0.2) is 9.78 Å². The molecule has 0 spiro atoms. The first kappa shape index (κ1) is 18.5. The number of rotatable bonds is 3. The van der Waals surface area contributed by atoms with Gasteiger partial charge in [-0.3, -0.25) is 10.1 Å². The van der Waals surface area contributed by atoms with Gasteiger partial charge in [0.2, 0.25) is 0 Å². The number of carbonyl (C=O) groups excluding carboxylic acids is 2. The molecule has 0 aliphatic heterocycles. The Balaban J connectivity index is 2.22. The molecule has 0 atom stereocenters. The van der Waals surface area contributed by atoms with Crippen LogP contribution in [0.4, 0.5) is 23.7 Å². The van der Waals surface area contributed by atoms with E-state index in [1.165, 1.54) is 0 Å².